The summed E-state index contributed by atoms with van der Waals surface area (Å²) in [6.45, 7) is 6.23. The number of hydrogen-bond donors (Lipinski definition) is 2. The van der Waals surface area contributed by atoms with Gasteiger partial charge in [0.15, 0.2) is 5.84 Å². The molecule has 1 aromatic heterocycles. The second-order valence-corrected chi connectivity index (χ2v) is 5.24. The van der Waals surface area contributed by atoms with Crippen molar-refractivity contribution in [2.45, 2.75) is 26.8 Å². The molecule has 3 N–H and O–H groups in total. The van der Waals surface area contributed by atoms with Crippen LogP contribution in [0.1, 0.15) is 24.6 Å². The molecule has 1 aromatic carbocycles. The molecule has 0 saturated carbocycles. The van der Waals surface area contributed by atoms with Crippen LogP contribution in [0.5, 0.6) is 0 Å². The van der Waals surface area contributed by atoms with Gasteiger partial charge in [-0.15, -0.1) is 0 Å². The second kappa shape index (κ2) is 7.04. The van der Waals surface area contributed by atoms with E-state index in [4.69, 9.17) is 10.9 Å². The summed E-state index contributed by atoms with van der Waals surface area (Å²) in [6, 6.07) is 10.2. The van der Waals surface area contributed by atoms with Crippen LogP contribution >= 0.6 is 0 Å². The average Bonchev–Trinajstić information content (AvgIpc) is 2.47. The van der Waals surface area contributed by atoms with Crippen LogP contribution in [0.2, 0.25) is 0 Å². The van der Waals surface area contributed by atoms with Crippen LogP contribution in [0.15, 0.2) is 35.5 Å². The molecule has 0 aliphatic rings. The maximum Gasteiger partial charge on any atom is 0.153 e. The Morgan fingerprint density at radius 2 is 2.14 bits per heavy atom. The first kappa shape index (κ1) is 15.3. The predicted molar refractivity (Wildman–Crippen MR) is 85.5 cm³/mol. The minimum Gasteiger partial charge on any atom is -0.409 e. The van der Waals surface area contributed by atoms with Gasteiger partial charge >= 0.3 is 0 Å². The number of hydrogen-bond acceptors (Lipinski definition) is 4. The number of rotatable bonds is 6. The van der Waals surface area contributed by atoms with Crippen LogP contribution in [-0.2, 0) is 6.54 Å². The molecule has 1 heterocycles. The highest BCUT2D eigenvalue weighted by molar-refractivity contribution is 5.83. The molecule has 0 amide bonds. The van der Waals surface area contributed by atoms with Gasteiger partial charge < -0.3 is 10.9 Å². The molecular formula is C16H22N4O. The van der Waals surface area contributed by atoms with Gasteiger partial charge in [0.1, 0.15) is 0 Å². The minimum absolute atomic E-state index is 0.235. The lowest BCUT2D eigenvalue weighted by Crippen LogP contribution is -2.34. The van der Waals surface area contributed by atoms with Crippen molar-refractivity contribution in [3.8, 4) is 0 Å². The lowest BCUT2D eigenvalue weighted by atomic mass is 10.1. The number of amidine groups is 1. The molecule has 0 saturated heterocycles. The van der Waals surface area contributed by atoms with E-state index >= 15 is 0 Å². The molecule has 5 heteroatoms. The van der Waals surface area contributed by atoms with Crippen LogP contribution in [0.3, 0.4) is 0 Å². The molecular weight excluding hydrogens is 264 g/mol. The fourth-order valence-corrected chi connectivity index (χ4v) is 2.56. The van der Waals surface area contributed by atoms with Gasteiger partial charge in [-0.1, -0.05) is 30.3 Å². The quantitative estimate of drug-likeness (QED) is 0.370. The normalized spacial score (nSPS) is 12.2. The Bertz CT molecular complexity index is 639. The van der Waals surface area contributed by atoms with Crippen LogP contribution in [0.4, 0.5) is 0 Å². The van der Waals surface area contributed by atoms with E-state index in [0.29, 0.717) is 6.54 Å². The monoisotopic (exact) mass is 286 g/mol. The summed E-state index contributed by atoms with van der Waals surface area (Å²) in [4.78, 5) is 6.74. The van der Waals surface area contributed by atoms with Gasteiger partial charge in [0, 0.05) is 17.6 Å². The number of fused-ring (bicyclic) bond motifs is 1. The summed E-state index contributed by atoms with van der Waals surface area (Å²) in [6.07, 6.45) is 1.01. The molecule has 0 fully saturated rings. The Balaban J connectivity index is 2.31. The summed E-state index contributed by atoms with van der Waals surface area (Å²) >= 11 is 0. The van der Waals surface area contributed by atoms with Crippen molar-refractivity contribution in [1.82, 2.24) is 9.88 Å². The Kier molecular flexibility index (Phi) is 5.11. The van der Waals surface area contributed by atoms with Crippen LogP contribution < -0.4 is 5.73 Å². The van der Waals surface area contributed by atoms with E-state index in [1.54, 1.807) is 0 Å². The first-order valence-corrected chi connectivity index (χ1v) is 7.18. The van der Waals surface area contributed by atoms with E-state index in [-0.39, 0.29) is 5.84 Å². The molecule has 0 radical (unpaired) electrons. The van der Waals surface area contributed by atoms with Gasteiger partial charge in [-0.25, -0.2) is 0 Å². The first-order valence-electron chi connectivity index (χ1n) is 7.18. The molecule has 0 aliphatic carbocycles. The van der Waals surface area contributed by atoms with Gasteiger partial charge in [-0.05, 0) is 37.6 Å². The van der Waals surface area contributed by atoms with Crippen LogP contribution in [0.25, 0.3) is 10.9 Å². The number of aryl methyl sites for hydroxylation is 1. The van der Waals surface area contributed by atoms with E-state index in [9.17, 15) is 0 Å². The molecule has 0 aliphatic heterocycles. The highest BCUT2D eigenvalue weighted by Crippen LogP contribution is 2.19. The standard InChI is InChI=1S/C16H22N4O/c1-3-8-20(11-16(17)19-21)10-13-9-12(2)18-15-7-5-4-6-14(13)15/h4-7,9,21H,3,8,10-11H2,1-2H3,(H2,17,19). The zero-order valence-electron chi connectivity index (χ0n) is 12.6. The third kappa shape index (κ3) is 3.92. The maximum atomic E-state index is 8.76. The zero-order chi connectivity index (χ0) is 15.2. The summed E-state index contributed by atoms with van der Waals surface area (Å²) < 4.78 is 0. The van der Waals surface area contributed by atoms with E-state index in [0.717, 1.165) is 36.1 Å². The Hall–Kier alpha value is -2.14. The smallest absolute Gasteiger partial charge is 0.153 e. The van der Waals surface area contributed by atoms with Crippen LogP contribution in [0, 0.1) is 6.92 Å². The second-order valence-electron chi connectivity index (χ2n) is 5.24. The van der Waals surface area contributed by atoms with Crippen molar-refractivity contribution < 1.29 is 5.21 Å². The molecule has 21 heavy (non-hydrogen) atoms. The third-order valence-electron chi connectivity index (χ3n) is 3.38. The number of nitrogens with two attached hydrogens (primary N) is 1. The third-order valence-corrected chi connectivity index (χ3v) is 3.38. The summed E-state index contributed by atoms with van der Waals surface area (Å²) in [5.74, 6) is 0.235. The number of pyridine rings is 1. The van der Waals surface area contributed by atoms with Gasteiger partial charge in [-0.3, -0.25) is 9.88 Å². The number of benzene rings is 1. The molecule has 0 atom stereocenters. The predicted octanol–water partition coefficient (Wildman–Crippen LogP) is 2.50. The van der Waals surface area contributed by atoms with Gasteiger partial charge in [0.2, 0.25) is 0 Å². The SMILES string of the molecule is CCCN(CC(N)=NO)Cc1cc(C)nc2ccccc12. The van der Waals surface area contributed by atoms with E-state index in [1.807, 2.05) is 25.1 Å². The van der Waals surface area contributed by atoms with Gasteiger partial charge in [0.25, 0.3) is 0 Å². The number of aromatic nitrogens is 1. The van der Waals surface area contributed by atoms with E-state index in [1.165, 1.54) is 5.56 Å². The van der Waals surface area contributed by atoms with Crippen molar-refractivity contribution in [2.24, 2.45) is 10.9 Å². The van der Waals surface area contributed by atoms with Gasteiger partial charge in [-0.2, -0.15) is 0 Å². The largest absolute Gasteiger partial charge is 0.409 e. The van der Waals surface area contributed by atoms with Crippen molar-refractivity contribution >= 4 is 16.7 Å². The highest BCUT2D eigenvalue weighted by atomic mass is 16.4. The zero-order valence-corrected chi connectivity index (χ0v) is 12.6. The first-order chi connectivity index (χ1) is 10.1. The fraction of sp³-hybridized carbons (Fsp3) is 0.375. The van der Waals surface area contributed by atoms with Crippen molar-refractivity contribution in [2.75, 3.05) is 13.1 Å². The average molecular weight is 286 g/mol. The molecule has 5 nitrogen and oxygen atoms in total. The van der Waals surface area contributed by atoms with Crippen LogP contribution in [-0.4, -0.2) is 34.0 Å². The Labute approximate surface area is 125 Å². The molecule has 2 aromatic rings. The molecule has 0 unspecified atom stereocenters. The lowest BCUT2D eigenvalue weighted by molar-refractivity contribution is 0.286. The summed E-state index contributed by atoms with van der Waals surface area (Å²) in [5.41, 5.74) is 8.88. The van der Waals surface area contributed by atoms with Crippen molar-refractivity contribution in [3.05, 3.63) is 41.6 Å². The van der Waals surface area contributed by atoms with Crippen molar-refractivity contribution in [1.29, 1.82) is 0 Å². The van der Waals surface area contributed by atoms with Gasteiger partial charge in [0.05, 0.1) is 12.1 Å². The number of nitrogens with zero attached hydrogens (tertiary/aromatic N) is 3. The molecule has 0 spiro atoms. The molecule has 0 bridgehead atoms. The minimum atomic E-state index is 0.235. The maximum absolute atomic E-state index is 8.76. The number of para-hydroxylation sites is 1. The molecule has 2 rings (SSSR count). The molecule has 112 valence electrons. The highest BCUT2D eigenvalue weighted by Gasteiger charge is 2.11. The summed E-state index contributed by atoms with van der Waals surface area (Å²) in [5, 5.41) is 13.0. The topological polar surface area (TPSA) is 74.7 Å². The lowest BCUT2D eigenvalue weighted by Gasteiger charge is -2.22. The van der Waals surface area contributed by atoms with E-state index < -0.39 is 0 Å². The fourth-order valence-electron chi connectivity index (χ4n) is 2.56. The van der Waals surface area contributed by atoms with E-state index in [2.05, 4.69) is 34.1 Å². The Morgan fingerprint density at radius 3 is 2.86 bits per heavy atom. The van der Waals surface area contributed by atoms with Crippen molar-refractivity contribution in [3.63, 3.8) is 0 Å². The summed E-state index contributed by atoms with van der Waals surface area (Å²) in [7, 11) is 0. The number of oxime groups is 1. The Morgan fingerprint density at radius 1 is 1.38 bits per heavy atom.